The van der Waals surface area contributed by atoms with Crippen LogP contribution in [0.25, 0.3) is 11.0 Å². The first-order valence-corrected chi connectivity index (χ1v) is 12.1. The van der Waals surface area contributed by atoms with Crippen molar-refractivity contribution in [2.24, 2.45) is 0 Å². The van der Waals surface area contributed by atoms with E-state index in [1.54, 1.807) is 18.2 Å². The molecule has 168 valence electrons. The summed E-state index contributed by atoms with van der Waals surface area (Å²) in [6, 6.07) is 8.08. The molecular formula is C23H22ClNO6S. The molecule has 2 aromatic carbocycles. The topological polar surface area (TPSA) is 103 Å². The Balaban J connectivity index is 1.57. The predicted octanol–water partition coefficient (Wildman–Crippen LogP) is 3.91. The molecule has 0 amide bonds. The zero-order chi connectivity index (χ0) is 23.0. The fourth-order valence-corrected chi connectivity index (χ4v) is 5.18. The van der Waals surface area contributed by atoms with E-state index in [1.807, 2.05) is 6.92 Å². The summed E-state index contributed by atoms with van der Waals surface area (Å²) in [4.78, 5) is 24.9. The number of aryl methyl sites for hydroxylation is 2. The molecule has 1 aliphatic carbocycles. The van der Waals surface area contributed by atoms with Gasteiger partial charge in [0.15, 0.2) is 5.75 Å². The van der Waals surface area contributed by atoms with Crippen molar-refractivity contribution in [2.75, 3.05) is 0 Å². The summed E-state index contributed by atoms with van der Waals surface area (Å²) in [7, 11) is -3.92. The number of halogens is 1. The molecule has 1 N–H and O–H groups in total. The van der Waals surface area contributed by atoms with Crippen LogP contribution < -0.4 is 15.1 Å². The number of nitrogens with one attached hydrogen (secondary N) is 1. The van der Waals surface area contributed by atoms with Crippen LogP contribution in [0.4, 0.5) is 0 Å². The molecule has 1 heterocycles. The fourth-order valence-electron chi connectivity index (χ4n) is 3.79. The van der Waals surface area contributed by atoms with Gasteiger partial charge in [-0.3, -0.25) is 0 Å². The van der Waals surface area contributed by atoms with Crippen LogP contribution in [0.2, 0.25) is 5.02 Å². The van der Waals surface area contributed by atoms with Gasteiger partial charge in [-0.05, 0) is 63.3 Å². The number of rotatable bonds is 5. The van der Waals surface area contributed by atoms with Crippen molar-refractivity contribution in [3.8, 4) is 5.75 Å². The maximum Gasteiger partial charge on any atom is 0.339 e. The van der Waals surface area contributed by atoms with Gasteiger partial charge in [0, 0.05) is 17.0 Å². The maximum absolute atomic E-state index is 12.6. The highest BCUT2D eigenvalue weighted by Crippen LogP contribution is 2.34. The monoisotopic (exact) mass is 475 g/mol. The summed E-state index contributed by atoms with van der Waals surface area (Å²) in [5.41, 5.74) is 2.38. The highest BCUT2D eigenvalue weighted by Gasteiger charge is 2.25. The molecule has 7 nitrogen and oxygen atoms in total. The highest BCUT2D eigenvalue weighted by atomic mass is 35.5. The molecule has 0 saturated heterocycles. The molecule has 9 heteroatoms. The van der Waals surface area contributed by atoms with Gasteiger partial charge in [-0.2, -0.15) is 4.72 Å². The lowest BCUT2D eigenvalue weighted by atomic mass is 9.91. The highest BCUT2D eigenvalue weighted by molar-refractivity contribution is 7.89. The normalized spacial score (nSPS) is 14.7. The molecule has 4 rings (SSSR count). The molecule has 0 unspecified atom stereocenters. The lowest BCUT2D eigenvalue weighted by Crippen LogP contribution is -2.40. The third-order valence-electron chi connectivity index (χ3n) is 5.50. The molecule has 0 saturated carbocycles. The van der Waals surface area contributed by atoms with Gasteiger partial charge in [0.1, 0.15) is 11.6 Å². The van der Waals surface area contributed by atoms with Crippen LogP contribution in [0.15, 0.2) is 50.5 Å². The number of carbonyl (C=O) groups is 1. The van der Waals surface area contributed by atoms with Crippen LogP contribution in [-0.2, 0) is 27.7 Å². The van der Waals surface area contributed by atoms with Crippen LogP contribution in [0.5, 0.6) is 5.75 Å². The minimum Gasteiger partial charge on any atom is -0.424 e. The Labute approximate surface area is 190 Å². The van der Waals surface area contributed by atoms with Crippen molar-refractivity contribution < 1.29 is 22.4 Å². The van der Waals surface area contributed by atoms with E-state index in [1.165, 1.54) is 25.1 Å². The standard InChI is InChI=1S/C23H22ClNO6S/c1-13-7-9-15(10-8-13)32(28,29)25-14(2)22(26)31-21-12-20-18(11-19(21)24)16-5-3-4-6-17(16)23(27)30-20/h7-12,14,25H,3-6H2,1-2H3/t14-/m1/s1. The summed E-state index contributed by atoms with van der Waals surface area (Å²) in [5.74, 6) is -0.855. The van der Waals surface area contributed by atoms with Crippen molar-refractivity contribution in [1.29, 1.82) is 0 Å². The van der Waals surface area contributed by atoms with Gasteiger partial charge in [-0.15, -0.1) is 0 Å². The van der Waals surface area contributed by atoms with Crippen LogP contribution in [-0.4, -0.2) is 20.4 Å². The maximum atomic E-state index is 12.6. The largest absolute Gasteiger partial charge is 0.424 e. The van der Waals surface area contributed by atoms with E-state index in [9.17, 15) is 18.0 Å². The van der Waals surface area contributed by atoms with Gasteiger partial charge >= 0.3 is 11.6 Å². The SMILES string of the molecule is Cc1ccc(S(=O)(=O)N[C@H](C)C(=O)Oc2cc3oc(=O)c4c(c3cc2Cl)CCCC4)cc1. The van der Waals surface area contributed by atoms with Gasteiger partial charge in [0.05, 0.1) is 9.92 Å². The summed E-state index contributed by atoms with van der Waals surface area (Å²) in [6.07, 6.45) is 3.33. The Morgan fingerprint density at radius 1 is 1.12 bits per heavy atom. The van der Waals surface area contributed by atoms with Gasteiger partial charge in [-0.25, -0.2) is 18.0 Å². The molecule has 0 fully saturated rings. The number of carbonyl (C=O) groups excluding carboxylic acids is 1. The molecule has 3 aromatic rings. The van der Waals surface area contributed by atoms with E-state index in [0.29, 0.717) is 12.0 Å². The lowest BCUT2D eigenvalue weighted by molar-refractivity contribution is -0.135. The minimum absolute atomic E-state index is 0.00976. The molecule has 1 aliphatic rings. The molecule has 32 heavy (non-hydrogen) atoms. The second-order valence-corrected chi connectivity index (χ2v) is 10.0. The number of sulfonamides is 1. The second kappa shape index (κ2) is 8.69. The quantitative estimate of drug-likeness (QED) is 0.341. The molecule has 0 radical (unpaired) electrons. The van der Waals surface area contributed by atoms with Crippen molar-refractivity contribution in [2.45, 2.75) is 50.5 Å². The second-order valence-electron chi connectivity index (χ2n) is 7.91. The van der Waals surface area contributed by atoms with Crippen molar-refractivity contribution in [1.82, 2.24) is 4.72 Å². The van der Waals surface area contributed by atoms with E-state index in [4.69, 9.17) is 20.8 Å². The Morgan fingerprint density at radius 2 is 1.78 bits per heavy atom. The minimum atomic E-state index is -3.92. The number of benzene rings is 2. The van der Waals surface area contributed by atoms with Crippen LogP contribution in [0.3, 0.4) is 0 Å². The molecule has 0 bridgehead atoms. The molecule has 1 aromatic heterocycles. The van der Waals surface area contributed by atoms with Crippen molar-refractivity contribution in [3.63, 3.8) is 0 Å². The van der Waals surface area contributed by atoms with E-state index in [2.05, 4.69) is 4.72 Å². The smallest absolute Gasteiger partial charge is 0.339 e. The summed E-state index contributed by atoms with van der Waals surface area (Å²) < 4.78 is 38.1. The van der Waals surface area contributed by atoms with Crippen LogP contribution in [0.1, 0.15) is 36.5 Å². The average molecular weight is 476 g/mol. The van der Waals surface area contributed by atoms with Crippen LogP contribution >= 0.6 is 11.6 Å². The Hall–Kier alpha value is -2.68. The Bertz CT molecular complexity index is 1360. The van der Waals surface area contributed by atoms with Crippen molar-refractivity contribution in [3.05, 3.63) is 68.5 Å². The molecular weight excluding hydrogens is 454 g/mol. The first-order valence-electron chi connectivity index (χ1n) is 10.2. The lowest BCUT2D eigenvalue weighted by Gasteiger charge is -2.17. The zero-order valence-corrected chi connectivity index (χ0v) is 19.2. The van der Waals surface area contributed by atoms with Crippen LogP contribution in [0, 0.1) is 6.92 Å². The predicted molar refractivity (Wildman–Crippen MR) is 121 cm³/mol. The average Bonchev–Trinajstić information content (AvgIpc) is 2.75. The summed E-state index contributed by atoms with van der Waals surface area (Å²) in [5, 5.41) is 0.887. The van der Waals surface area contributed by atoms with Gasteiger partial charge in [0.25, 0.3) is 0 Å². The molecule has 1 atom stereocenters. The number of fused-ring (bicyclic) bond motifs is 3. The van der Waals surface area contributed by atoms with Crippen molar-refractivity contribution >= 4 is 38.6 Å². The number of hydrogen-bond donors (Lipinski definition) is 1. The van der Waals surface area contributed by atoms with Gasteiger partial charge in [0.2, 0.25) is 10.0 Å². The number of ether oxygens (including phenoxy) is 1. The van der Waals surface area contributed by atoms with E-state index < -0.39 is 27.7 Å². The third-order valence-corrected chi connectivity index (χ3v) is 7.36. The van der Waals surface area contributed by atoms with E-state index in [-0.39, 0.29) is 21.3 Å². The zero-order valence-electron chi connectivity index (χ0n) is 17.6. The first-order chi connectivity index (χ1) is 15.2. The van der Waals surface area contributed by atoms with Gasteiger partial charge < -0.3 is 9.15 Å². The molecule has 0 aliphatic heterocycles. The van der Waals surface area contributed by atoms with E-state index >= 15 is 0 Å². The summed E-state index contributed by atoms with van der Waals surface area (Å²) >= 11 is 6.34. The molecule has 0 spiro atoms. The Kier molecular flexibility index (Phi) is 6.11. The first kappa shape index (κ1) is 22.5. The Morgan fingerprint density at radius 3 is 2.47 bits per heavy atom. The number of hydrogen-bond acceptors (Lipinski definition) is 6. The van der Waals surface area contributed by atoms with Gasteiger partial charge in [-0.1, -0.05) is 29.3 Å². The summed E-state index contributed by atoms with van der Waals surface area (Å²) in [6.45, 7) is 3.22. The fraction of sp³-hybridized carbons (Fsp3) is 0.304. The number of esters is 1. The van der Waals surface area contributed by atoms with E-state index in [0.717, 1.165) is 35.8 Å². The third kappa shape index (κ3) is 4.44.